The van der Waals surface area contributed by atoms with E-state index in [-0.39, 0.29) is 16.6 Å². The Morgan fingerprint density at radius 1 is 1.00 bits per heavy atom. The number of carbonyl (C=O) groups excluding carboxylic acids is 2. The third-order valence-electron chi connectivity index (χ3n) is 4.92. The minimum Gasteiger partial charge on any atom is -0.455 e. The summed E-state index contributed by atoms with van der Waals surface area (Å²) >= 11 is 3.30. The van der Waals surface area contributed by atoms with Crippen LogP contribution in [0.3, 0.4) is 0 Å². The Morgan fingerprint density at radius 2 is 1.71 bits per heavy atom. The molecule has 2 aromatic carbocycles. The van der Waals surface area contributed by atoms with Crippen LogP contribution in [0.25, 0.3) is 22.3 Å². The Hall–Kier alpha value is -3.65. The fraction of sp³-hybridized carbons (Fsp3) is 0.0870. The van der Waals surface area contributed by atoms with Gasteiger partial charge in [0.25, 0.3) is 11.8 Å². The molecule has 0 bridgehead atoms. The number of hydrazine groups is 1. The second-order valence-corrected chi connectivity index (χ2v) is 7.91. The van der Waals surface area contributed by atoms with Gasteiger partial charge in [0, 0.05) is 28.8 Å². The molecular weight excluding hydrogens is 462 g/mol. The average molecular weight is 480 g/mol. The lowest BCUT2D eigenvalue weighted by Gasteiger charge is -2.11. The summed E-state index contributed by atoms with van der Waals surface area (Å²) in [5.41, 5.74) is 6.41. The Morgan fingerprint density at radius 3 is 2.39 bits per heavy atom. The van der Waals surface area contributed by atoms with E-state index in [1.165, 1.54) is 6.07 Å². The maximum atomic E-state index is 12.9. The van der Waals surface area contributed by atoms with E-state index in [1.54, 1.807) is 42.9 Å². The predicted molar refractivity (Wildman–Crippen MR) is 121 cm³/mol. The summed E-state index contributed by atoms with van der Waals surface area (Å²) in [6.07, 6.45) is 1.73. The summed E-state index contributed by atoms with van der Waals surface area (Å²) in [4.78, 5) is 38.1. The minimum absolute atomic E-state index is 0.139. The van der Waals surface area contributed by atoms with Gasteiger partial charge in [0.1, 0.15) is 11.5 Å². The molecule has 31 heavy (non-hydrogen) atoms. The maximum Gasteiger partial charge on any atom is 0.286 e. The Kier molecular flexibility index (Phi) is 5.48. The van der Waals surface area contributed by atoms with Crippen molar-refractivity contribution < 1.29 is 14.0 Å². The highest BCUT2D eigenvalue weighted by Crippen LogP contribution is 2.27. The van der Waals surface area contributed by atoms with Crippen LogP contribution in [0, 0.1) is 6.92 Å². The van der Waals surface area contributed by atoms with Crippen molar-refractivity contribution in [3.05, 3.63) is 92.3 Å². The summed E-state index contributed by atoms with van der Waals surface area (Å²) in [5, 5.41) is 0.294. The van der Waals surface area contributed by atoms with Crippen molar-refractivity contribution in [1.29, 1.82) is 0 Å². The summed E-state index contributed by atoms with van der Waals surface area (Å²) in [7, 11) is 1.72. The number of nitrogens with zero attached hydrogens (tertiary/aromatic N) is 1. The number of benzene rings is 2. The first kappa shape index (κ1) is 20.6. The Bertz CT molecular complexity index is 1370. The fourth-order valence-electron chi connectivity index (χ4n) is 3.35. The van der Waals surface area contributed by atoms with Gasteiger partial charge in [0.05, 0.1) is 10.9 Å². The molecule has 2 N–H and O–H groups in total. The smallest absolute Gasteiger partial charge is 0.286 e. The molecule has 0 aliphatic carbocycles. The molecule has 2 aromatic heterocycles. The zero-order valence-corrected chi connectivity index (χ0v) is 18.3. The number of hydrogen-bond acceptors (Lipinski definition) is 4. The topological polar surface area (TPSA) is 93.3 Å². The number of amides is 2. The van der Waals surface area contributed by atoms with Gasteiger partial charge < -0.3 is 8.98 Å². The van der Waals surface area contributed by atoms with Gasteiger partial charge in [-0.05, 0) is 41.1 Å². The van der Waals surface area contributed by atoms with E-state index in [1.807, 2.05) is 30.3 Å². The monoisotopic (exact) mass is 479 g/mol. The van der Waals surface area contributed by atoms with E-state index in [0.29, 0.717) is 22.4 Å². The molecule has 4 rings (SSSR count). The third kappa shape index (κ3) is 3.89. The van der Waals surface area contributed by atoms with Gasteiger partial charge >= 0.3 is 0 Å². The van der Waals surface area contributed by atoms with Gasteiger partial charge in [0.2, 0.25) is 0 Å². The van der Waals surface area contributed by atoms with Gasteiger partial charge in [-0.1, -0.05) is 36.4 Å². The molecule has 0 fully saturated rings. The van der Waals surface area contributed by atoms with Crippen LogP contribution in [0.1, 0.15) is 26.4 Å². The summed E-state index contributed by atoms with van der Waals surface area (Å²) in [6, 6.07) is 15.6. The number of rotatable bonds is 3. The third-order valence-corrected chi connectivity index (χ3v) is 5.35. The highest BCUT2D eigenvalue weighted by Gasteiger charge is 2.19. The van der Waals surface area contributed by atoms with Crippen molar-refractivity contribution in [2.24, 2.45) is 7.05 Å². The number of halogens is 1. The van der Waals surface area contributed by atoms with Gasteiger partial charge in [-0.15, -0.1) is 0 Å². The van der Waals surface area contributed by atoms with Crippen LogP contribution < -0.4 is 16.3 Å². The van der Waals surface area contributed by atoms with Crippen LogP contribution in [-0.2, 0) is 7.05 Å². The number of carbonyl (C=O) groups is 2. The second kappa shape index (κ2) is 8.23. The van der Waals surface area contributed by atoms with Gasteiger partial charge in [-0.3, -0.25) is 25.2 Å². The molecule has 4 aromatic rings. The minimum atomic E-state index is -0.599. The van der Waals surface area contributed by atoms with Crippen LogP contribution in [-0.4, -0.2) is 16.4 Å². The molecule has 0 saturated heterocycles. The van der Waals surface area contributed by atoms with Crippen molar-refractivity contribution in [3.8, 4) is 11.3 Å². The number of aromatic nitrogens is 1. The van der Waals surface area contributed by atoms with E-state index in [0.717, 1.165) is 10.0 Å². The van der Waals surface area contributed by atoms with Gasteiger partial charge in [0.15, 0.2) is 11.0 Å². The van der Waals surface area contributed by atoms with Crippen molar-refractivity contribution in [3.63, 3.8) is 0 Å². The number of fused-ring (bicyclic) bond motifs is 1. The molecule has 0 aliphatic heterocycles. The number of para-hydroxylation sites is 1. The van der Waals surface area contributed by atoms with Crippen molar-refractivity contribution in [1.82, 2.24) is 15.4 Å². The average Bonchev–Trinajstić information content (AvgIpc) is 3.12. The molecule has 0 saturated carbocycles. The highest BCUT2D eigenvalue weighted by atomic mass is 79.9. The second-order valence-electron chi connectivity index (χ2n) is 7.00. The molecule has 7 nitrogen and oxygen atoms in total. The van der Waals surface area contributed by atoms with Gasteiger partial charge in [-0.2, -0.15) is 0 Å². The lowest BCUT2D eigenvalue weighted by atomic mass is 10.0. The molecule has 2 heterocycles. The van der Waals surface area contributed by atoms with Crippen LogP contribution in [0.2, 0.25) is 0 Å². The molecule has 156 valence electrons. The van der Waals surface area contributed by atoms with E-state index in [9.17, 15) is 14.4 Å². The molecule has 0 aliphatic rings. The van der Waals surface area contributed by atoms with E-state index in [2.05, 4.69) is 26.8 Å². The summed E-state index contributed by atoms with van der Waals surface area (Å²) < 4.78 is 8.41. The molecule has 0 atom stereocenters. The maximum absolute atomic E-state index is 12.9. The zero-order valence-electron chi connectivity index (χ0n) is 16.7. The Balaban J connectivity index is 1.69. The molecule has 8 heteroatoms. The first-order valence-corrected chi connectivity index (χ1v) is 10.2. The van der Waals surface area contributed by atoms with Crippen LogP contribution in [0.5, 0.6) is 0 Å². The lowest BCUT2D eigenvalue weighted by molar-refractivity contribution is 0.0842. The molecular formula is C23H18BrN3O4. The van der Waals surface area contributed by atoms with E-state index in [4.69, 9.17) is 4.42 Å². The standard InChI is InChI=1S/C23H18BrN3O4/c1-13-19(28)16-9-6-10-17(21(16)31-20(13)14-7-4-3-5-8-14)22(29)25-26-23(30)18-11-15(24)12-27(18)2/h3-12H,1-2H3,(H,25,29)(H,26,30). The quantitative estimate of drug-likeness (QED) is 0.435. The number of aryl methyl sites for hydroxylation is 1. The Labute approximate surface area is 185 Å². The van der Waals surface area contributed by atoms with E-state index >= 15 is 0 Å². The highest BCUT2D eigenvalue weighted by molar-refractivity contribution is 9.10. The first-order chi connectivity index (χ1) is 14.9. The fourth-order valence-corrected chi connectivity index (χ4v) is 3.87. The zero-order chi connectivity index (χ0) is 22.1. The predicted octanol–water partition coefficient (Wildman–Crippen LogP) is 3.94. The summed E-state index contributed by atoms with van der Waals surface area (Å²) in [5.74, 6) is -0.682. The molecule has 0 spiro atoms. The van der Waals surface area contributed by atoms with Crippen molar-refractivity contribution in [2.75, 3.05) is 0 Å². The van der Waals surface area contributed by atoms with Crippen LogP contribution in [0.4, 0.5) is 0 Å². The molecule has 0 unspecified atom stereocenters. The molecule has 0 radical (unpaired) electrons. The van der Waals surface area contributed by atoms with E-state index < -0.39 is 11.8 Å². The lowest BCUT2D eigenvalue weighted by Crippen LogP contribution is -2.42. The first-order valence-electron chi connectivity index (χ1n) is 9.41. The number of hydrogen-bond donors (Lipinski definition) is 2. The van der Waals surface area contributed by atoms with Crippen LogP contribution >= 0.6 is 15.9 Å². The normalized spacial score (nSPS) is 10.8. The largest absolute Gasteiger partial charge is 0.455 e. The van der Waals surface area contributed by atoms with Crippen LogP contribution in [0.15, 0.2) is 74.5 Å². The van der Waals surface area contributed by atoms with Crippen molar-refractivity contribution >= 4 is 38.7 Å². The summed E-state index contributed by atoms with van der Waals surface area (Å²) in [6.45, 7) is 1.69. The van der Waals surface area contributed by atoms with Gasteiger partial charge in [-0.25, -0.2) is 0 Å². The van der Waals surface area contributed by atoms with Crippen molar-refractivity contribution in [2.45, 2.75) is 6.92 Å². The number of nitrogens with one attached hydrogen (secondary N) is 2. The molecule has 2 amide bonds. The SMILES string of the molecule is Cc1c(-c2ccccc2)oc2c(C(=O)NNC(=O)c3cc(Br)cn3C)cccc2c1=O.